The molecule has 0 radical (unpaired) electrons. The van der Waals surface area contributed by atoms with E-state index in [4.69, 9.17) is 18.4 Å². The molecule has 9 aromatic rings. The van der Waals surface area contributed by atoms with Crippen molar-refractivity contribution in [2.24, 2.45) is 0 Å². The van der Waals surface area contributed by atoms with Crippen molar-refractivity contribution in [1.29, 1.82) is 0 Å². The molecule has 15 nitrogen and oxygen atoms in total. The fourth-order valence-corrected chi connectivity index (χ4v) is 11.5. The van der Waals surface area contributed by atoms with E-state index < -0.39 is 41.2 Å². The Kier molecular flexibility index (Phi) is 30.8. The molecule has 5 aromatic carbocycles. The lowest BCUT2D eigenvalue weighted by atomic mass is 10.0. The third-order valence-electron chi connectivity index (χ3n) is 17.5. The summed E-state index contributed by atoms with van der Waals surface area (Å²) in [6.45, 7) is 35.7. The van der Waals surface area contributed by atoms with Crippen LogP contribution in [0.5, 0.6) is 0 Å². The number of aliphatic hydroxyl groups excluding tert-OH is 2. The molecule has 0 spiro atoms. The highest BCUT2D eigenvalue weighted by Crippen LogP contribution is 2.39. The molecule has 0 amide bonds. The molecule has 1 atom stereocenters. The SMILES string of the molecule is CC(C)(C)[Si](C)(C)OCc1ccc(Br)cc1.CC(C)(C)[Si](C)(C)OCc1ccc(C(=O)c2cccnc2)cc1.CC(C)(C)[Si](C)(C)OCc1ccc(C(O)c2cccnc2)cc1.CS(=O)(=O)OCc1ccc(C(=O)c2cccnc2)cc1.O=C(c1ccc(CO)cc1)c1cccnc1. The standard InChI is InChI=1S/C19H27NO2Si.C19H25NO2Si.C14H13NO4S.C13H21BrOSi.C13H11NO2/c2*1-19(2,3)23(4,5)22-14-15-8-10-16(11-9-15)18(21)17-7-6-12-20-13-17;1-20(17,18)19-10-11-4-6-12(7-5-11)14(16)13-3-2-8-15-9-13;1-13(2,3)16(4,5)15-10-11-6-8-12(14)9-7-11;15-9-10-3-5-11(6-4-10)13(16)12-2-1-7-14-8-12/h6-13,18,21H,14H2,1-5H3;6-13H,14H2,1-5H3;2-9H,10H2,1H3;6-9H,10H2,1-5H3;1-8,15H,9H2. The van der Waals surface area contributed by atoms with Gasteiger partial charge in [0.1, 0.15) is 6.10 Å². The van der Waals surface area contributed by atoms with Crippen LogP contribution in [0, 0.1) is 0 Å². The number of aliphatic hydroxyl groups is 2. The van der Waals surface area contributed by atoms with Gasteiger partial charge in [-0.2, -0.15) is 8.42 Å². The third-order valence-corrected chi connectivity index (χ3v) is 32.0. The second kappa shape index (κ2) is 37.1. The Morgan fingerprint density at radius 2 is 0.694 bits per heavy atom. The lowest BCUT2D eigenvalue weighted by molar-refractivity contribution is 0.103. The van der Waals surface area contributed by atoms with Gasteiger partial charge in [0, 0.05) is 93.0 Å². The van der Waals surface area contributed by atoms with E-state index in [0.717, 1.165) is 45.2 Å². The molecule has 0 aliphatic rings. The number of aromatic nitrogens is 4. The topological polar surface area (TPSA) is 214 Å². The second-order valence-corrected chi connectivity index (χ2v) is 45.1. The van der Waals surface area contributed by atoms with Crippen LogP contribution >= 0.6 is 15.9 Å². The molecule has 0 bridgehead atoms. The molecule has 0 saturated carbocycles. The Bertz CT molecular complexity index is 4010. The molecule has 0 aliphatic carbocycles. The van der Waals surface area contributed by atoms with Crippen molar-refractivity contribution in [3.63, 3.8) is 0 Å². The van der Waals surface area contributed by atoms with Gasteiger partial charge in [-0.1, -0.05) is 194 Å². The molecule has 9 rings (SSSR count). The summed E-state index contributed by atoms with van der Waals surface area (Å²) >= 11 is 3.44. The Labute approximate surface area is 593 Å². The van der Waals surface area contributed by atoms with E-state index in [1.807, 2.05) is 60.7 Å². The van der Waals surface area contributed by atoms with E-state index in [9.17, 15) is 27.9 Å². The molecule has 2 N–H and O–H groups in total. The number of halogens is 1. The quantitative estimate of drug-likeness (QED) is 0.0389. The minimum atomic E-state index is -3.47. The van der Waals surface area contributed by atoms with Gasteiger partial charge in [0.2, 0.25) is 0 Å². The monoisotopic (exact) mass is 1460 g/mol. The Morgan fingerprint density at radius 3 is 0.969 bits per heavy atom. The fraction of sp³-hybridized carbons (Fsp3) is 0.321. The van der Waals surface area contributed by atoms with Gasteiger partial charge in [-0.05, 0) is 142 Å². The molecular weight excluding hydrogens is 1370 g/mol. The van der Waals surface area contributed by atoms with Crippen molar-refractivity contribution in [3.8, 4) is 0 Å². The molecule has 0 aliphatic heterocycles. The minimum absolute atomic E-state index is 0.00466. The Hall–Kier alpha value is -7.45. The molecule has 98 heavy (non-hydrogen) atoms. The number of ketones is 3. The van der Waals surface area contributed by atoms with E-state index >= 15 is 0 Å². The maximum absolute atomic E-state index is 12.3. The van der Waals surface area contributed by atoms with Gasteiger partial charge in [0.15, 0.2) is 42.3 Å². The summed E-state index contributed by atoms with van der Waals surface area (Å²) in [7, 11) is -8.56. The van der Waals surface area contributed by atoms with Gasteiger partial charge in [0.05, 0.1) is 39.3 Å². The van der Waals surface area contributed by atoms with Crippen LogP contribution < -0.4 is 0 Å². The zero-order valence-electron chi connectivity index (χ0n) is 59.5. The van der Waals surface area contributed by atoms with E-state index in [0.29, 0.717) is 52.2 Å². The number of benzene rings is 5. The molecule has 4 aromatic heterocycles. The Balaban J connectivity index is 0.000000223. The summed E-state index contributed by atoms with van der Waals surface area (Å²) in [6, 6.07) is 51.6. The number of carbonyl (C=O) groups is 3. The smallest absolute Gasteiger partial charge is 0.264 e. The summed E-state index contributed by atoms with van der Waals surface area (Å²) < 4.78 is 46.1. The molecule has 0 fully saturated rings. The normalized spacial score (nSPS) is 12.2. The van der Waals surface area contributed by atoms with Crippen LogP contribution in [0.4, 0.5) is 0 Å². The van der Waals surface area contributed by atoms with Gasteiger partial charge < -0.3 is 23.5 Å². The first kappa shape index (κ1) is 81.2. The first-order valence-electron chi connectivity index (χ1n) is 32.3. The minimum Gasteiger partial charge on any atom is -0.413 e. The van der Waals surface area contributed by atoms with Crippen LogP contribution in [-0.4, -0.2) is 87.1 Å². The largest absolute Gasteiger partial charge is 0.413 e. The number of hydrogen-bond acceptors (Lipinski definition) is 15. The highest BCUT2D eigenvalue weighted by atomic mass is 79.9. The van der Waals surface area contributed by atoms with Crippen LogP contribution in [0.25, 0.3) is 0 Å². The number of rotatable bonds is 21. The first-order valence-corrected chi connectivity index (χ1v) is 43.6. The predicted octanol–water partition coefficient (Wildman–Crippen LogP) is 18.1. The number of hydrogen-bond donors (Lipinski definition) is 2. The van der Waals surface area contributed by atoms with Crippen LogP contribution in [0.1, 0.15) is 155 Å². The lowest BCUT2D eigenvalue weighted by Crippen LogP contribution is -2.40. The van der Waals surface area contributed by atoms with Crippen molar-refractivity contribution >= 4 is 68.3 Å². The van der Waals surface area contributed by atoms with Crippen molar-refractivity contribution < 1.29 is 50.5 Å². The summed E-state index contributed by atoms with van der Waals surface area (Å²) in [5, 5.41) is 20.0. The van der Waals surface area contributed by atoms with Gasteiger partial charge >= 0.3 is 0 Å². The summed E-state index contributed by atoms with van der Waals surface area (Å²) in [6.07, 6.45) is 13.3. The molecule has 0 saturated heterocycles. The summed E-state index contributed by atoms with van der Waals surface area (Å²) in [4.78, 5) is 52.2. The van der Waals surface area contributed by atoms with Crippen LogP contribution in [0.15, 0.2) is 224 Å². The van der Waals surface area contributed by atoms with Crippen LogP contribution in [0.3, 0.4) is 0 Å². The zero-order valence-corrected chi connectivity index (χ0v) is 64.9. The van der Waals surface area contributed by atoms with Gasteiger partial charge in [-0.25, -0.2) is 0 Å². The summed E-state index contributed by atoms with van der Waals surface area (Å²) in [5.41, 5.74) is 10.1. The Morgan fingerprint density at radius 1 is 0.408 bits per heavy atom. The maximum atomic E-state index is 12.3. The van der Waals surface area contributed by atoms with Crippen molar-refractivity contribution in [3.05, 3.63) is 296 Å². The molecule has 1 unspecified atom stereocenters. The lowest BCUT2D eigenvalue weighted by Gasteiger charge is -2.36. The van der Waals surface area contributed by atoms with Crippen molar-refractivity contribution in [2.45, 2.75) is 156 Å². The van der Waals surface area contributed by atoms with Gasteiger partial charge in [0.25, 0.3) is 10.1 Å². The highest BCUT2D eigenvalue weighted by Gasteiger charge is 2.39. The van der Waals surface area contributed by atoms with E-state index in [1.165, 1.54) is 11.8 Å². The molecular formula is C78H97BrN4O11SSi3. The van der Waals surface area contributed by atoms with Crippen molar-refractivity contribution in [1.82, 2.24) is 19.9 Å². The molecule has 4 heterocycles. The third kappa shape index (κ3) is 26.7. The van der Waals surface area contributed by atoms with Crippen LogP contribution in [-0.2, 0) is 60.6 Å². The predicted molar refractivity (Wildman–Crippen MR) is 403 cm³/mol. The zero-order chi connectivity index (χ0) is 72.5. The van der Waals surface area contributed by atoms with E-state index in [-0.39, 0.29) is 45.7 Å². The highest BCUT2D eigenvalue weighted by molar-refractivity contribution is 9.10. The van der Waals surface area contributed by atoms with E-state index in [1.54, 1.807) is 128 Å². The molecule has 520 valence electrons. The first-order chi connectivity index (χ1) is 45.9. The van der Waals surface area contributed by atoms with Gasteiger partial charge in [-0.15, -0.1) is 0 Å². The average Bonchev–Trinajstić information content (AvgIpc) is 0.886. The second-order valence-electron chi connectivity index (χ2n) is 28.1. The number of carbonyl (C=O) groups excluding carboxylic acids is 3. The number of nitrogens with zero attached hydrogens (tertiary/aromatic N) is 4. The van der Waals surface area contributed by atoms with Crippen molar-refractivity contribution in [2.75, 3.05) is 6.26 Å². The maximum Gasteiger partial charge on any atom is 0.264 e. The van der Waals surface area contributed by atoms with E-state index in [2.05, 4.69) is 166 Å². The number of pyridine rings is 4. The summed E-state index contributed by atoms with van der Waals surface area (Å²) in [5.74, 6) is -0.193. The fourth-order valence-electron chi connectivity index (χ4n) is 7.98. The average molecular weight is 1460 g/mol. The molecule has 20 heteroatoms. The van der Waals surface area contributed by atoms with Crippen LogP contribution in [0.2, 0.25) is 54.4 Å². The van der Waals surface area contributed by atoms with Gasteiger partial charge in [-0.3, -0.25) is 38.5 Å².